The standard InChI is InChI=1S/C19H27N5O3S/c1-4-9-13-20-16-15(18(26)23(3)19(27)22(16)2)17(21-13)28-12-14(25)24-10-7-5-6-8-11-24/h4-12H2,1-3H3. The van der Waals surface area contributed by atoms with Crippen molar-refractivity contribution in [1.29, 1.82) is 0 Å². The van der Waals surface area contributed by atoms with Gasteiger partial charge in [-0.1, -0.05) is 31.5 Å². The number of aryl methyl sites for hydroxylation is 2. The molecule has 0 bridgehead atoms. The third-order valence-corrected chi connectivity index (χ3v) is 6.04. The number of likely N-dealkylation sites (tertiary alicyclic amines) is 1. The van der Waals surface area contributed by atoms with E-state index in [2.05, 4.69) is 9.97 Å². The summed E-state index contributed by atoms with van der Waals surface area (Å²) in [5.74, 6) is 0.879. The summed E-state index contributed by atoms with van der Waals surface area (Å²) < 4.78 is 2.43. The second-order valence-corrected chi connectivity index (χ2v) is 8.15. The number of hydrogen-bond donors (Lipinski definition) is 0. The van der Waals surface area contributed by atoms with Crippen molar-refractivity contribution < 1.29 is 4.79 Å². The van der Waals surface area contributed by atoms with Gasteiger partial charge in [-0.3, -0.25) is 18.7 Å². The molecule has 1 fully saturated rings. The van der Waals surface area contributed by atoms with E-state index in [4.69, 9.17) is 0 Å². The van der Waals surface area contributed by atoms with Crippen LogP contribution in [-0.4, -0.2) is 48.8 Å². The highest BCUT2D eigenvalue weighted by atomic mass is 32.2. The summed E-state index contributed by atoms with van der Waals surface area (Å²) in [6.45, 7) is 3.61. The van der Waals surface area contributed by atoms with Crippen LogP contribution in [0.25, 0.3) is 11.0 Å². The molecule has 0 aliphatic carbocycles. The van der Waals surface area contributed by atoms with Crippen molar-refractivity contribution in [3.8, 4) is 0 Å². The average molecular weight is 406 g/mol. The highest BCUT2D eigenvalue weighted by molar-refractivity contribution is 8.00. The topological polar surface area (TPSA) is 90.1 Å². The zero-order chi connectivity index (χ0) is 20.3. The van der Waals surface area contributed by atoms with Crippen LogP contribution in [-0.2, 0) is 25.3 Å². The second kappa shape index (κ2) is 8.89. The first kappa shape index (κ1) is 20.6. The average Bonchev–Trinajstić information content (AvgIpc) is 2.98. The molecule has 0 radical (unpaired) electrons. The Morgan fingerprint density at radius 1 is 1.04 bits per heavy atom. The van der Waals surface area contributed by atoms with Gasteiger partial charge in [0.25, 0.3) is 5.56 Å². The number of thioether (sulfide) groups is 1. The SMILES string of the molecule is CCCc1nc(SCC(=O)N2CCCCCC2)c2c(=O)n(C)c(=O)n(C)c2n1. The maximum absolute atomic E-state index is 12.7. The molecule has 3 heterocycles. The Hall–Kier alpha value is -2.16. The maximum Gasteiger partial charge on any atom is 0.332 e. The van der Waals surface area contributed by atoms with Crippen LogP contribution in [0.4, 0.5) is 0 Å². The van der Waals surface area contributed by atoms with E-state index in [1.807, 2.05) is 11.8 Å². The molecule has 28 heavy (non-hydrogen) atoms. The van der Waals surface area contributed by atoms with Gasteiger partial charge in [-0.2, -0.15) is 0 Å². The minimum absolute atomic E-state index is 0.0670. The van der Waals surface area contributed by atoms with Gasteiger partial charge < -0.3 is 4.90 Å². The van der Waals surface area contributed by atoms with E-state index in [0.29, 0.717) is 28.3 Å². The summed E-state index contributed by atoms with van der Waals surface area (Å²) in [6, 6.07) is 0. The Labute approximate surface area is 168 Å². The zero-order valence-electron chi connectivity index (χ0n) is 16.7. The van der Waals surface area contributed by atoms with Gasteiger partial charge in [0.1, 0.15) is 16.2 Å². The van der Waals surface area contributed by atoms with Gasteiger partial charge in [0.15, 0.2) is 5.65 Å². The fraction of sp³-hybridized carbons (Fsp3) is 0.632. The maximum atomic E-state index is 12.7. The minimum atomic E-state index is -0.425. The third kappa shape index (κ3) is 4.14. The molecular weight excluding hydrogens is 378 g/mol. The first-order valence-electron chi connectivity index (χ1n) is 9.81. The van der Waals surface area contributed by atoms with Crippen molar-refractivity contribution in [2.45, 2.75) is 50.5 Å². The van der Waals surface area contributed by atoms with Gasteiger partial charge in [0.05, 0.1) is 5.75 Å². The van der Waals surface area contributed by atoms with E-state index in [-0.39, 0.29) is 11.7 Å². The molecule has 1 amide bonds. The molecule has 9 heteroatoms. The summed E-state index contributed by atoms with van der Waals surface area (Å²) in [5, 5.41) is 0.783. The lowest BCUT2D eigenvalue weighted by atomic mass is 10.2. The summed E-state index contributed by atoms with van der Waals surface area (Å²) in [5.41, 5.74) is -0.516. The fourth-order valence-corrected chi connectivity index (χ4v) is 4.39. The van der Waals surface area contributed by atoms with Crippen molar-refractivity contribution in [2.24, 2.45) is 14.1 Å². The van der Waals surface area contributed by atoms with Crippen LogP contribution in [0.5, 0.6) is 0 Å². The van der Waals surface area contributed by atoms with Gasteiger partial charge in [0.2, 0.25) is 5.91 Å². The predicted molar refractivity (Wildman–Crippen MR) is 110 cm³/mol. The van der Waals surface area contributed by atoms with Gasteiger partial charge >= 0.3 is 5.69 Å². The van der Waals surface area contributed by atoms with E-state index in [0.717, 1.165) is 49.8 Å². The van der Waals surface area contributed by atoms with Crippen LogP contribution in [0.15, 0.2) is 14.6 Å². The van der Waals surface area contributed by atoms with Crippen molar-refractivity contribution in [3.05, 3.63) is 26.7 Å². The van der Waals surface area contributed by atoms with E-state index in [1.54, 1.807) is 7.05 Å². The molecule has 1 aliphatic rings. The Balaban J connectivity index is 1.98. The Kier molecular flexibility index (Phi) is 6.53. The number of carbonyl (C=O) groups excluding carboxylic acids is 1. The summed E-state index contributed by atoms with van der Waals surface area (Å²) in [6.07, 6.45) is 5.90. The predicted octanol–water partition coefficient (Wildman–Crippen LogP) is 1.47. The van der Waals surface area contributed by atoms with E-state index in [1.165, 1.54) is 23.4 Å². The molecule has 0 spiro atoms. The molecule has 1 aliphatic heterocycles. The number of amides is 1. The lowest BCUT2D eigenvalue weighted by Gasteiger charge is -2.20. The molecule has 0 atom stereocenters. The monoisotopic (exact) mass is 405 g/mol. The van der Waals surface area contributed by atoms with Crippen LogP contribution in [0.2, 0.25) is 0 Å². The summed E-state index contributed by atoms with van der Waals surface area (Å²) in [7, 11) is 3.05. The van der Waals surface area contributed by atoms with E-state index in [9.17, 15) is 14.4 Å². The molecule has 0 N–H and O–H groups in total. The second-order valence-electron chi connectivity index (χ2n) is 7.18. The Morgan fingerprint density at radius 3 is 2.36 bits per heavy atom. The molecule has 2 aromatic heterocycles. The molecule has 0 saturated carbocycles. The molecule has 2 aromatic rings. The van der Waals surface area contributed by atoms with Crippen LogP contribution in [0, 0.1) is 0 Å². The third-order valence-electron chi connectivity index (χ3n) is 5.08. The summed E-state index contributed by atoms with van der Waals surface area (Å²) in [4.78, 5) is 48.6. The van der Waals surface area contributed by atoms with Crippen molar-refractivity contribution >= 4 is 28.7 Å². The molecule has 152 valence electrons. The lowest BCUT2D eigenvalue weighted by Crippen LogP contribution is -2.38. The number of fused-ring (bicyclic) bond motifs is 1. The lowest BCUT2D eigenvalue weighted by molar-refractivity contribution is -0.128. The number of carbonyl (C=O) groups is 1. The Morgan fingerprint density at radius 2 is 1.71 bits per heavy atom. The molecule has 8 nitrogen and oxygen atoms in total. The van der Waals surface area contributed by atoms with Crippen molar-refractivity contribution in [1.82, 2.24) is 24.0 Å². The largest absolute Gasteiger partial charge is 0.342 e. The smallest absolute Gasteiger partial charge is 0.332 e. The number of hydrogen-bond acceptors (Lipinski definition) is 6. The van der Waals surface area contributed by atoms with Crippen LogP contribution >= 0.6 is 11.8 Å². The zero-order valence-corrected chi connectivity index (χ0v) is 17.5. The van der Waals surface area contributed by atoms with E-state index >= 15 is 0 Å². The van der Waals surface area contributed by atoms with Gasteiger partial charge in [-0.25, -0.2) is 14.8 Å². The normalized spacial score (nSPS) is 15.0. The molecule has 0 aromatic carbocycles. The van der Waals surface area contributed by atoms with Crippen LogP contribution < -0.4 is 11.2 Å². The van der Waals surface area contributed by atoms with Crippen LogP contribution in [0.1, 0.15) is 44.9 Å². The first-order chi connectivity index (χ1) is 13.4. The molecule has 1 saturated heterocycles. The minimum Gasteiger partial charge on any atom is -0.342 e. The molecule has 3 rings (SSSR count). The summed E-state index contributed by atoms with van der Waals surface area (Å²) >= 11 is 1.26. The van der Waals surface area contributed by atoms with Crippen LogP contribution in [0.3, 0.4) is 0 Å². The van der Waals surface area contributed by atoms with Crippen molar-refractivity contribution in [3.63, 3.8) is 0 Å². The number of aromatic nitrogens is 4. The van der Waals surface area contributed by atoms with Gasteiger partial charge in [0, 0.05) is 33.6 Å². The number of rotatable bonds is 5. The van der Waals surface area contributed by atoms with Gasteiger partial charge in [-0.15, -0.1) is 0 Å². The van der Waals surface area contributed by atoms with E-state index < -0.39 is 11.2 Å². The fourth-order valence-electron chi connectivity index (χ4n) is 3.45. The molecular formula is C19H27N5O3S. The highest BCUT2D eigenvalue weighted by Crippen LogP contribution is 2.23. The molecule has 0 unspecified atom stereocenters. The van der Waals surface area contributed by atoms with Crippen molar-refractivity contribution in [2.75, 3.05) is 18.8 Å². The first-order valence-corrected chi connectivity index (χ1v) is 10.8. The highest BCUT2D eigenvalue weighted by Gasteiger charge is 2.20. The Bertz CT molecular complexity index is 990. The quantitative estimate of drug-likeness (QED) is 0.553. The number of nitrogens with zero attached hydrogens (tertiary/aromatic N) is 5. The van der Waals surface area contributed by atoms with Gasteiger partial charge in [-0.05, 0) is 19.3 Å².